The molecule has 1 N–H and O–H groups in total. The molecule has 0 fully saturated rings. The SMILES string of the molecule is CC(C)CBr.COC(=O)Nc1ccccc1F. The second-order valence-electron chi connectivity index (χ2n) is 3.64. The summed E-state index contributed by atoms with van der Waals surface area (Å²) < 4.78 is 17.1. The maximum absolute atomic E-state index is 12.8. The van der Waals surface area contributed by atoms with E-state index >= 15 is 0 Å². The Balaban J connectivity index is 0.000000437. The molecule has 0 aliphatic carbocycles. The van der Waals surface area contributed by atoms with Crippen LogP contribution in [-0.2, 0) is 4.74 Å². The number of halogens is 2. The van der Waals surface area contributed by atoms with E-state index in [4.69, 9.17) is 0 Å². The van der Waals surface area contributed by atoms with Crippen molar-refractivity contribution in [3.63, 3.8) is 0 Å². The molecule has 0 spiro atoms. The third-order valence-corrected chi connectivity index (χ3v) is 2.90. The van der Waals surface area contributed by atoms with Crippen LogP contribution in [0.1, 0.15) is 13.8 Å². The van der Waals surface area contributed by atoms with Crippen LogP contribution in [0.5, 0.6) is 0 Å². The maximum Gasteiger partial charge on any atom is 0.411 e. The van der Waals surface area contributed by atoms with E-state index in [9.17, 15) is 9.18 Å². The summed E-state index contributed by atoms with van der Waals surface area (Å²) in [5, 5.41) is 3.34. The number of nitrogens with one attached hydrogen (secondary N) is 1. The van der Waals surface area contributed by atoms with Gasteiger partial charge < -0.3 is 4.74 Å². The van der Waals surface area contributed by atoms with Crippen molar-refractivity contribution in [2.24, 2.45) is 5.92 Å². The smallest absolute Gasteiger partial charge is 0.411 e. The molecule has 5 heteroatoms. The second kappa shape index (κ2) is 8.98. The third-order valence-electron chi connectivity index (χ3n) is 1.60. The van der Waals surface area contributed by atoms with Crippen molar-refractivity contribution in [1.29, 1.82) is 0 Å². The van der Waals surface area contributed by atoms with Gasteiger partial charge in [0, 0.05) is 5.33 Å². The minimum atomic E-state index is -0.680. The summed E-state index contributed by atoms with van der Waals surface area (Å²) >= 11 is 3.31. The number of hydrogen-bond donors (Lipinski definition) is 1. The van der Waals surface area contributed by atoms with Crippen LogP contribution in [0.15, 0.2) is 24.3 Å². The molecule has 0 saturated carbocycles. The van der Waals surface area contributed by atoms with E-state index in [2.05, 4.69) is 39.8 Å². The van der Waals surface area contributed by atoms with Gasteiger partial charge in [-0.2, -0.15) is 0 Å². The van der Waals surface area contributed by atoms with E-state index in [1.54, 1.807) is 6.07 Å². The zero-order valence-corrected chi connectivity index (χ0v) is 11.8. The Morgan fingerprint density at radius 3 is 2.41 bits per heavy atom. The number of benzene rings is 1. The third kappa shape index (κ3) is 7.74. The standard InChI is InChI=1S/C8H8FNO2.C4H9Br/c1-12-8(11)10-7-5-3-2-4-6(7)9;1-4(2)3-5/h2-5H,1H3,(H,10,11);4H,3H2,1-2H3. The number of carbonyl (C=O) groups excluding carboxylic acids is 1. The Morgan fingerprint density at radius 1 is 1.47 bits per heavy atom. The van der Waals surface area contributed by atoms with Gasteiger partial charge in [0.05, 0.1) is 12.8 Å². The Kier molecular flexibility index (Phi) is 8.40. The Labute approximate surface area is 109 Å². The highest BCUT2D eigenvalue weighted by molar-refractivity contribution is 9.09. The maximum atomic E-state index is 12.8. The molecule has 17 heavy (non-hydrogen) atoms. The largest absolute Gasteiger partial charge is 0.453 e. The van der Waals surface area contributed by atoms with Crippen molar-refractivity contribution in [3.8, 4) is 0 Å². The fourth-order valence-electron chi connectivity index (χ4n) is 0.724. The molecule has 0 heterocycles. The van der Waals surface area contributed by atoms with Gasteiger partial charge in [0.2, 0.25) is 0 Å². The topological polar surface area (TPSA) is 38.3 Å². The number of rotatable bonds is 2. The summed E-state index contributed by atoms with van der Waals surface area (Å²) in [6.45, 7) is 4.35. The molecular formula is C12H17BrFNO2. The summed E-state index contributed by atoms with van der Waals surface area (Å²) in [4.78, 5) is 10.6. The first-order chi connectivity index (χ1) is 8.01. The fourth-order valence-corrected chi connectivity index (χ4v) is 0.724. The van der Waals surface area contributed by atoms with Gasteiger partial charge in [-0.1, -0.05) is 41.9 Å². The summed E-state index contributed by atoms with van der Waals surface area (Å²) in [6, 6.07) is 5.86. The zero-order valence-electron chi connectivity index (χ0n) is 10.2. The molecule has 1 aromatic carbocycles. The van der Waals surface area contributed by atoms with E-state index in [0.717, 1.165) is 11.2 Å². The number of methoxy groups -OCH3 is 1. The first-order valence-corrected chi connectivity index (χ1v) is 6.28. The van der Waals surface area contributed by atoms with Crippen molar-refractivity contribution in [3.05, 3.63) is 30.1 Å². The molecule has 0 aliphatic heterocycles. The molecular weight excluding hydrogens is 289 g/mol. The molecule has 1 rings (SSSR count). The highest BCUT2D eigenvalue weighted by Crippen LogP contribution is 2.11. The van der Waals surface area contributed by atoms with Gasteiger partial charge >= 0.3 is 6.09 Å². The summed E-state index contributed by atoms with van der Waals surface area (Å²) in [5.74, 6) is 0.317. The summed E-state index contributed by atoms with van der Waals surface area (Å²) in [7, 11) is 1.22. The second-order valence-corrected chi connectivity index (χ2v) is 4.29. The van der Waals surface area contributed by atoms with Crippen LogP contribution in [0.2, 0.25) is 0 Å². The number of amides is 1. The van der Waals surface area contributed by atoms with Crippen LogP contribution < -0.4 is 5.32 Å². The lowest BCUT2D eigenvalue weighted by Crippen LogP contribution is -2.11. The molecule has 0 aliphatic rings. The molecule has 0 unspecified atom stereocenters. The van der Waals surface area contributed by atoms with E-state index in [-0.39, 0.29) is 5.69 Å². The summed E-state index contributed by atoms with van der Waals surface area (Å²) in [6.07, 6.45) is -0.680. The molecule has 0 aromatic heterocycles. The van der Waals surface area contributed by atoms with Crippen molar-refractivity contribution in [2.75, 3.05) is 17.8 Å². The number of ether oxygens (including phenoxy) is 1. The van der Waals surface area contributed by atoms with E-state index in [0.29, 0.717) is 0 Å². The Bertz CT molecular complexity index is 345. The van der Waals surface area contributed by atoms with Crippen LogP contribution in [0, 0.1) is 11.7 Å². The quantitative estimate of drug-likeness (QED) is 0.837. The van der Waals surface area contributed by atoms with Gasteiger partial charge in [-0.15, -0.1) is 0 Å². The zero-order chi connectivity index (χ0) is 13.3. The molecule has 0 saturated heterocycles. The van der Waals surface area contributed by atoms with Gasteiger partial charge in [0.25, 0.3) is 0 Å². The van der Waals surface area contributed by atoms with Crippen molar-refractivity contribution in [1.82, 2.24) is 0 Å². The molecule has 3 nitrogen and oxygen atoms in total. The number of anilines is 1. The molecule has 1 amide bonds. The fraction of sp³-hybridized carbons (Fsp3) is 0.417. The van der Waals surface area contributed by atoms with Gasteiger partial charge in [-0.05, 0) is 18.1 Å². The van der Waals surface area contributed by atoms with E-state index < -0.39 is 11.9 Å². The van der Waals surface area contributed by atoms with Crippen LogP contribution in [-0.4, -0.2) is 18.5 Å². The molecule has 0 radical (unpaired) electrons. The molecule has 0 bridgehead atoms. The molecule has 1 aromatic rings. The highest BCUT2D eigenvalue weighted by Gasteiger charge is 2.03. The number of para-hydroxylation sites is 1. The van der Waals surface area contributed by atoms with Crippen LogP contribution in [0.4, 0.5) is 14.9 Å². The number of carbonyl (C=O) groups is 1. The van der Waals surface area contributed by atoms with Crippen LogP contribution in [0.3, 0.4) is 0 Å². The predicted octanol–water partition coefficient (Wildman–Crippen LogP) is 4.04. The average Bonchev–Trinajstić information content (AvgIpc) is 2.32. The van der Waals surface area contributed by atoms with Crippen molar-refractivity contribution < 1.29 is 13.9 Å². The lowest BCUT2D eigenvalue weighted by Gasteiger charge is -2.03. The lowest BCUT2D eigenvalue weighted by atomic mass is 10.3. The molecule has 96 valence electrons. The molecule has 0 atom stereocenters. The van der Waals surface area contributed by atoms with Gasteiger partial charge in [0.1, 0.15) is 5.82 Å². The predicted molar refractivity (Wildman–Crippen MR) is 71.1 cm³/mol. The minimum Gasteiger partial charge on any atom is -0.453 e. The number of hydrogen-bond acceptors (Lipinski definition) is 2. The van der Waals surface area contributed by atoms with Crippen LogP contribution in [0.25, 0.3) is 0 Å². The Hall–Kier alpha value is -1.10. The highest BCUT2D eigenvalue weighted by atomic mass is 79.9. The Morgan fingerprint density at radius 2 is 2.00 bits per heavy atom. The lowest BCUT2D eigenvalue weighted by molar-refractivity contribution is 0.187. The monoisotopic (exact) mass is 305 g/mol. The van der Waals surface area contributed by atoms with E-state index in [1.165, 1.54) is 25.3 Å². The van der Waals surface area contributed by atoms with Crippen molar-refractivity contribution >= 4 is 27.7 Å². The number of alkyl halides is 1. The normalized spacial score (nSPS) is 9.29. The van der Waals surface area contributed by atoms with E-state index in [1.807, 2.05) is 0 Å². The first-order valence-electron chi connectivity index (χ1n) is 5.16. The summed E-state index contributed by atoms with van der Waals surface area (Å²) in [5.41, 5.74) is 0.115. The van der Waals surface area contributed by atoms with Gasteiger partial charge in [0.15, 0.2) is 0 Å². The van der Waals surface area contributed by atoms with Crippen molar-refractivity contribution in [2.45, 2.75) is 13.8 Å². The average molecular weight is 306 g/mol. The van der Waals surface area contributed by atoms with Crippen LogP contribution >= 0.6 is 15.9 Å². The van der Waals surface area contributed by atoms with Gasteiger partial charge in [-0.3, -0.25) is 5.32 Å². The van der Waals surface area contributed by atoms with Gasteiger partial charge in [-0.25, -0.2) is 9.18 Å². The minimum absolute atomic E-state index is 0.115. The first kappa shape index (κ1) is 15.9.